The number of nitrogens with zero attached hydrogens (tertiary/aromatic N) is 3. The van der Waals surface area contributed by atoms with Crippen molar-refractivity contribution in [3.05, 3.63) is 35.9 Å². The van der Waals surface area contributed by atoms with Crippen molar-refractivity contribution in [1.82, 2.24) is 14.7 Å². The second-order valence-electron chi connectivity index (χ2n) is 5.52. The van der Waals surface area contributed by atoms with Gasteiger partial charge in [-0.2, -0.15) is 0 Å². The van der Waals surface area contributed by atoms with Gasteiger partial charge in [-0.25, -0.2) is 0 Å². The maximum Gasteiger partial charge on any atom is 0.246 e. The van der Waals surface area contributed by atoms with Crippen LogP contribution < -0.4 is 0 Å². The maximum atomic E-state index is 12.2. The van der Waals surface area contributed by atoms with Gasteiger partial charge < -0.3 is 9.80 Å². The van der Waals surface area contributed by atoms with Gasteiger partial charge in [0, 0.05) is 33.2 Å². The summed E-state index contributed by atoms with van der Waals surface area (Å²) in [6, 6.07) is 9.92. The Labute approximate surface area is 118 Å². The smallest absolute Gasteiger partial charge is 0.246 e. The lowest BCUT2D eigenvalue weighted by Crippen LogP contribution is -2.65. The Bertz CT molecular complexity index is 517. The molecule has 0 saturated carbocycles. The van der Waals surface area contributed by atoms with Gasteiger partial charge in [-0.05, 0) is 5.56 Å². The first-order valence-corrected chi connectivity index (χ1v) is 6.96. The van der Waals surface area contributed by atoms with Crippen molar-refractivity contribution >= 4 is 11.8 Å². The molecule has 2 amide bonds. The lowest BCUT2D eigenvalue weighted by Gasteiger charge is -2.45. The van der Waals surface area contributed by atoms with Gasteiger partial charge >= 0.3 is 0 Å². The van der Waals surface area contributed by atoms with E-state index in [2.05, 4.69) is 17.0 Å². The molecule has 0 N–H and O–H groups in total. The van der Waals surface area contributed by atoms with E-state index in [4.69, 9.17) is 0 Å². The Morgan fingerprint density at radius 2 is 1.90 bits per heavy atom. The summed E-state index contributed by atoms with van der Waals surface area (Å²) < 4.78 is 0. The van der Waals surface area contributed by atoms with Crippen LogP contribution >= 0.6 is 0 Å². The van der Waals surface area contributed by atoms with Gasteiger partial charge in [-0.1, -0.05) is 30.3 Å². The molecule has 5 heteroatoms. The molecule has 3 rings (SSSR count). The van der Waals surface area contributed by atoms with Crippen LogP contribution in [-0.2, 0) is 16.1 Å². The lowest BCUT2D eigenvalue weighted by atomic mass is 10.1. The quantitative estimate of drug-likeness (QED) is 0.771. The predicted octanol–water partition coefficient (Wildman–Crippen LogP) is 0.171. The monoisotopic (exact) mass is 273 g/mol. The Balaban J connectivity index is 1.70. The summed E-state index contributed by atoms with van der Waals surface area (Å²) in [5.41, 5.74) is 1.24. The average molecular weight is 273 g/mol. The number of carbonyl (C=O) groups is 2. The zero-order valence-corrected chi connectivity index (χ0v) is 11.7. The molecule has 106 valence electrons. The molecule has 0 bridgehead atoms. The number of hydrogen-bond donors (Lipinski definition) is 0. The fourth-order valence-electron chi connectivity index (χ4n) is 2.96. The molecule has 0 aliphatic carbocycles. The summed E-state index contributed by atoms with van der Waals surface area (Å²) in [4.78, 5) is 29.7. The van der Waals surface area contributed by atoms with Crippen LogP contribution in [0.3, 0.4) is 0 Å². The molecular weight excluding hydrogens is 254 g/mol. The molecule has 2 aliphatic heterocycles. The van der Waals surface area contributed by atoms with Gasteiger partial charge in [0.05, 0.1) is 6.54 Å². The van der Waals surface area contributed by atoms with Gasteiger partial charge in [0.25, 0.3) is 0 Å². The minimum absolute atomic E-state index is 0.0577. The molecule has 1 aromatic rings. The summed E-state index contributed by atoms with van der Waals surface area (Å²) in [6.45, 7) is 3.15. The number of hydrogen-bond acceptors (Lipinski definition) is 3. The standard InChI is InChI=1S/C15H19N3O2/c1-16-11-14(19)18-8-7-17(10-13(18)15(16)20)9-12-5-3-2-4-6-12/h2-6,13H,7-11H2,1H3/t13-/m1/s1. The normalized spacial score (nSPS) is 23.9. The van der Waals surface area contributed by atoms with Crippen molar-refractivity contribution in [3.8, 4) is 0 Å². The SMILES string of the molecule is CN1CC(=O)N2CCN(Cc3ccccc3)C[C@@H]2C1=O. The molecule has 1 atom stereocenters. The summed E-state index contributed by atoms with van der Waals surface area (Å²) in [5, 5.41) is 0. The summed E-state index contributed by atoms with van der Waals surface area (Å²) in [5.74, 6) is 0.124. The number of rotatable bonds is 2. The molecule has 2 saturated heterocycles. The maximum absolute atomic E-state index is 12.2. The van der Waals surface area contributed by atoms with E-state index in [1.807, 2.05) is 18.2 Å². The first-order chi connectivity index (χ1) is 9.65. The van der Waals surface area contributed by atoms with Gasteiger partial charge in [0.2, 0.25) is 11.8 Å². The van der Waals surface area contributed by atoms with Crippen molar-refractivity contribution in [3.63, 3.8) is 0 Å². The highest BCUT2D eigenvalue weighted by atomic mass is 16.2. The first-order valence-electron chi connectivity index (χ1n) is 6.96. The van der Waals surface area contributed by atoms with E-state index in [0.717, 1.165) is 13.1 Å². The third kappa shape index (κ3) is 2.41. The number of amides is 2. The first kappa shape index (κ1) is 13.1. The highest BCUT2D eigenvalue weighted by Gasteiger charge is 2.40. The summed E-state index contributed by atoms with van der Waals surface area (Å²) in [7, 11) is 1.70. The molecule has 5 nitrogen and oxygen atoms in total. The van der Waals surface area contributed by atoms with Gasteiger partial charge in [0.15, 0.2) is 0 Å². The largest absolute Gasteiger partial charge is 0.335 e. The van der Waals surface area contributed by atoms with Crippen LogP contribution in [-0.4, -0.2) is 65.8 Å². The van der Waals surface area contributed by atoms with Crippen LogP contribution in [0.4, 0.5) is 0 Å². The predicted molar refractivity (Wildman–Crippen MR) is 74.9 cm³/mol. The summed E-state index contributed by atoms with van der Waals surface area (Å²) in [6.07, 6.45) is 0. The van der Waals surface area contributed by atoms with E-state index >= 15 is 0 Å². The van der Waals surface area contributed by atoms with Crippen LogP contribution in [0.15, 0.2) is 30.3 Å². The molecule has 0 aromatic heterocycles. The van der Waals surface area contributed by atoms with Crippen molar-refractivity contribution in [2.75, 3.05) is 33.2 Å². The van der Waals surface area contributed by atoms with E-state index < -0.39 is 0 Å². The van der Waals surface area contributed by atoms with E-state index in [1.54, 1.807) is 11.9 Å². The summed E-state index contributed by atoms with van der Waals surface area (Å²) >= 11 is 0. The number of piperazine rings is 2. The zero-order chi connectivity index (χ0) is 14.1. The molecule has 20 heavy (non-hydrogen) atoms. The Hall–Kier alpha value is -1.88. The van der Waals surface area contributed by atoms with Crippen LogP contribution in [0.25, 0.3) is 0 Å². The second-order valence-corrected chi connectivity index (χ2v) is 5.52. The van der Waals surface area contributed by atoms with Gasteiger partial charge in [-0.3, -0.25) is 14.5 Å². The molecule has 2 heterocycles. The number of likely N-dealkylation sites (N-methyl/N-ethyl adjacent to an activating group) is 1. The topological polar surface area (TPSA) is 43.9 Å². The molecule has 1 aromatic carbocycles. The van der Waals surface area contributed by atoms with E-state index in [0.29, 0.717) is 13.1 Å². The van der Waals surface area contributed by atoms with Crippen LogP contribution in [0.5, 0.6) is 0 Å². The van der Waals surface area contributed by atoms with E-state index in [-0.39, 0.29) is 24.4 Å². The Morgan fingerprint density at radius 3 is 2.65 bits per heavy atom. The average Bonchev–Trinajstić information content (AvgIpc) is 2.46. The molecule has 0 radical (unpaired) electrons. The number of carbonyl (C=O) groups excluding carboxylic acids is 2. The van der Waals surface area contributed by atoms with Crippen molar-refractivity contribution < 1.29 is 9.59 Å². The van der Waals surface area contributed by atoms with Crippen LogP contribution in [0, 0.1) is 0 Å². The van der Waals surface area contributed by atoms with Crippen LogP contribution in [0.2, 0.25) is 0 Å². The highest BCUT2D eigenvalue weighted by Crippen LogP contribution is 2.18. The number of benzene rings is 1. The van der Waals surface area contributed by atoms with E-state index in [1.165, 1.54) is 10.5 Å². The third-order valence-electron chi connectivity index (χ3n) is 4.07. The molecule has 0 spiro atoms. The second kappa shape index (κ2) is 5.25. The lowest BCUT2D eigenvalue weighted by molar-refractivity contribution is -0.158. The zero-order valence-electron chi connectivity index (χ0n) is 11.7. The van der Waals surface area contributed by atoms with Crippen molar-refractivity contribution in [2.24, 2.45) is 0 Å². The molecular formula is C15H19N3O2. The van der Waals surface area contributed by atoms with Crippen LogP contribution in [0.1, 0.15) is 5.56 Å². The third-order valence-corrected chi connectivity index (χ3v) is 4.07. The van der Waals surface area contributed by atoms with Gasteiger partial charge in [0.1, 0.15) is 6.04 Å². The Morgan fingerprint density at radius 1 is 1.15 bits per heavy atom. The van der Waals surface area contributed by atoms with Crippen molar-refractivity contribution in [2.45, 2.75) is 12.6 Å². The molecule has 2 aliphatic rings. The minimum Gasteiger partial charge on any atom is -0.335 e. The fraction of sp³-hybridized carbons (Fsp3) is 0.467. The molecule has 0 unspecified atom stereocenters. The Kier molecular flexibility index (Phi) is 3.44. The fourth-order valence-corrected chi connectivity index (χ4v) is 2.96. The number of fused-ring (bicyclic) bond motifs is 1. The van der Waals surface area contributed by atoms with E-state index in [9.17, 15) is 9.59 Å². The van der Waals surface area contributed by atoms with Crippen molar-refractivity contribution in [1.29, 1.82) is 0 Å². The van der Waals surface area contributed by atoms with Gasteiger partial charge in [-0.15, -0.1) is 0 Å². The minimum atomic E-state index is -0.307. The molecule has 2 fully saturated rings. The highest BCUT2D eigenvalue weighted by molar-refractivity contribution is 5.95.